The summed E-state index contributed by atoms with van der Waals surface area (Å²) in [5, 5.41) is 9.62. The number of thioether (sulfide) groups is 1. The highest BCUT2D eigenvalue weighted by molar-refractivity contribution is 7.98. The Kier molecular flexibility index (Phi) is 5.78. The zero-order valence-corrected chi connectivity index (χ0v) is 16.1. The fraction of sp³-hybridized carbons (Fsp3) is 0.526. The highest BCUT2D eigenvalue weighted by Gasteiger charge is 2.19. The summed E-state index contributed by atoms with van der Waals surface area (Å²) in [6, 6.07) is 7.99. The fourth-order valence-corrected chi connectivity index (χ4v) is 4.09. The zero-order chi connectivity index (χ0) is 17.8. The van der Waals surface area contributed by atoms with Crippen LogP contribution in [0.4, 0.5) is 0 Å². The largest absolute Gasteiger partial charge is 0.339 e. The quantitative estimate of drug-likeness (QED) is 0.734. The zero-order valence-electron chi connectivity index (χ0n) is 15.2. The van der Waals surface area contributed by atoms with Gasteiger partial charge in [0.25, 0.3) is 5.91 Å². The molecular formula is C19H26N4OS. The average Bonchev–Trinajstić information content (AvgIpc) is 3.29. The van der Waals surface area contributed by atoms with Crippen LogP contribution in [0.15, 0.2) is 29.4 Å². The van der Waals surface area contributed by atoms with E-state index in [0.29, 0.717) is 5.92 Å². The molecule has 0 bridgehead atoms. The van der Waals surface area contributed by atoms with Crippen molar-refractivity contribution in [3.05, 3.63) is 41.2 Å². The van der Waals surface area contributed by atoms with Gasteiger partial charge in [-0.3, -0.25) is 4.79 Å². The predicted octanol–water partition coefficient (Wildman–Crippen LogP) is 3.95. The number of benzene rings is 1. The molecule has 2 aromatic rings. The van der Waals surface area contributed by atoms with Crippen molar-refractivity contribution in [2.24, 2.45) is 0 Å². The Morgan fingerprint density at radius 3 is 2.44 bits per heavy atom. The number of aromatic nitrogens is 3. The standard InChI is InChI=1S/C19H26N4OS/c1-4-23-17(14(2)3)20-21-19(23)25-13-15-7-9-16(10-8-15)18(24)22-11-5-6-12-22/h7-10,14H,4-6,11-13H2,1-3H3. The van der Waals surface area contributed by atoms with Crippen LogP contribution in [0.1, 0.15) is 61.3 Å². The highest BCUT2D eigenvalue weighted by atomic mass is 32.2. The van der Waals surface area contributed by atoms with Crippen molar-refractivity contribution in [3.8, 4) is 0 Å². The van der Waals surface area contributed by atoms with E-state index in [-0.39, 0.29) is 5.91 Å². The SMILES string of the molecule is CCn1c(SCc2ccc(C(=O)N3CCCC3)cc2)nnc1C(C)C. The lowest BCUT2D eigenvalue weighted by Gasteiger charge is -2.15. The molecule has 1 aromatic carbocycles. The summed E-state index contributed by atoms with van der Waals surface area (Å²) >= 11 is 1.70. The Bertz CT molecular complexity index is 718. The molecule has 0 unspecified atom stereocenters. The number of hydrogen-bond acceptors (Lipinski definition) is 4. The van der Waals surface area contributed by atoms with Gasteiger partial charge < -0.3 is 9.47 Å². The second-order valence-corrected chi connectivity index (χ2v) is 7.67. The maximum Gasteiger partial charge on any atom is 0.253 e. The number of amides is 1. The number of nitrogens with zero attached hydrogens (tertiary/aromatic N) is 4. The number of hydrogen-bond donors (Lipinski definition) is 0. The van der Waals surface area contributed by atoms with Crippen LogP contribution in [-0.4, -0.2) is 38.7 Å². The van der Waals surface area contributed by atoms with E-state index in [9.17, 15) is 4.79 Å². The Morgan fingerprint density at radius 2 is 1.84 bits per heavy atom. The van der Waals surface area contributed by atoms with Crippen molar-refractivity contribution in [1.82, 2.24) is 19.7 Å². The van der Waals surface area contributed by atoms with Crippen LogP contribution in [-0.2, 0) is 12.3 Å². The van der Waals surface area contributed by atoms with Gasteiger partial charge in [-0.25, -0.2) is 0 Å². The van der Waals surface area contributed by atoms with Gasteiger partial charge in [0.05, 0.1) is 0 Å². The van der Waals surface area contributed by atoms with Gasteiger partial charge in [0.15, 0.2) is 5.16 Å². The average molecular weight is 359 g/mol. The third kappa shape index (κ3) is 4.06. The van der Waals surface area contributed by atoms with Crippen LogP contribution < -0.4 is 0 Å². The summed E-state index contributed by atoms with van der Waals surface area (Å²) in [6.07, 6.45) is 2.24. The first-order valence-corrected chi connectivity index (χ1v) is 10.0. The van der Waals surface area contributed by atoms with Gasteiger partial charge in [0.2, 0.25) is 0 Å². The van der Waals surface area contributed by atoms with E-state index < -0.39 is 0 Å². The molecule has 1 aromatic heterocycles. The molecule has 25 heavy (non-hydrogen) atoms. The summed E-state index contributed by atoms with van der Waals surface area (Å²) in [7, 11) is 0. The number of carbonyl (C=O) groups excluding carboxylic acids is 1. The second kappa shape index (κ2) is 8.04. The molecule has 0 saturated carbocycles. The second-order valence-electron chi connectivity index (χ2n) is 6.72. The van der Waals surface area contributed by atoms with E-state index in [0.717, 1.165) is 54.8 Å². The van der Waals surface area contributed by atoms with E-state index >= 15 is 0 Å². The Hall–Kier alpha value is -1.82. The third-order valence-corrected chi connectivity index (χ3v) is 5.58. The molecule has 3 rings (SSSR count). The fourth-order valence-electron chi connectivity index (χ4n) is 3.13. The van der Waals surface area contributed by atoms with Crippen molar-refractivity contribution in [3.63, 3.8) is 0 Å². The Morgan fingerprint density at radius 1 is 1.16 bits per heavy atom. The van der Waals surface area contributed by atoms with Crippen LogP contribution in [0.2, 0.25) is 0 Å². The van der Waals surface area contributed by atoms with E-state index in [1.54, 1.807) is 11.8 Å². The van der Waals surface area contributed by atoms with Crippen molar-refractivity contribution in [2.75, 3.05) is 13.1 Å². The topological polar surface area (TPSA) is 51.0 Å². The first kappa shape index (κ1) is 18.0. The van der Waals surface area contributed by atoms with Gasteiger partial charge in [-0.2, -0.15) is 0 Å². The molecule has 0 atom stereocenters. The summed E-state index contributed by atoms with van der Waals surface area (Å²) in [6.45, 7) is 9.06. The number of carbonyl (C=O) groups is 1. The first-order chi connectivity index (χ1) is 12.1. The molecule has 1 aliphatic heterocycles. The van der Waals surface area contributed by atoms with Crippen molar-refractivity contribution in [1.29, 1.82) is 0 Å². The van der Waals surface area contributed by atoms with E-state index in [4.69, 9.17) is 0 Å². The minimum absolute atomic E-state index is 0.156. The van der Waals surface area contributed by atoms with Crippen LogP contribution in [0.25, 0.3) is 0 Å². The minimum Gasteiger partial charge on any atom is -0.339 e. The van der Waals surface area contributed by atoms with Gasteiger partial charge in [0, 0.05) is 36.9 Å². The van der Waals surface area contributed by atoms with E-state index in [1.807, 2.05) is 29.2 Å². The Balaban J connectivity index is 1.63. The van der Waals surface area contributed by atoms with E-state index in [2.05, 4.69) is 35.5 Å². The molecule has 2 heterocycles. The van der Waals surface area contributed by atoms with Crippen LogP contribution in [0, 0.1) is 0 Å². The molecule has 0 aliphatic carbocycles. The van der Waals surface area contributed by atoms with Crippen LogP contribution >= 0.6 is 11.8 Å². The number of rotatable bonds is 6. The lowest BCUT2D eigenvalue weighted by Crippen LogP contribution is -2.27. The smallest absolute Gasteiger partial charge is 0.253 e. The van der Waals surface area contributed by atoms with Gasteiger partial charge in [0.1, 0.15) is 5.82 Å². The molecule has 1 saturated heterocycles. The van der Waals surface area contributed by atoms with Gasteiger partial charge in [-0.05, 0) is 37.5 Å². The molecule has 6 heteroatoms. The number of likely N-dealkylation sites (tertiary alicyclic amines) is 1. The van der Waals surface area contributed by atoms with Crippen molar-refractivity contribution in [2.45, 2.75) is 57.0 Å². The highest BCUT2D eigenvalue weighted by Crippen LogP contribution is 2.25. The first-order valence-electron chi connectivity index (χ1n) is 9.04. The molecule has 1 fully saturated rings. The maximum absolute atomic E-state index is 12.4. The van der Waals surface area contributed by atoms with Crippen molar-refractivity contribution >= 4 is 17.7 Å². The molecule has 0 spiro atoms. The molecule has 1 aliphatic rings. The van der Waals surface area contributed by atoms with Crippen LogP contribution in [0.3, 0.4) is 0 Å². The van der Waals surface area contributed by atoms with Crippen molar-refractivity contribution < 1.29 is 4.79 Å². The minimum atomic E-state index is 0.156. The predicted molar refractivity (Wildman–Crippen MR) is 101 cm³/mol. The summed E-state index contributed by atoms with van der Waals surface area (Å²) in [4.78, 5) is 14.3. The molecule has 5 nitrogen and oxygen atoms in total. The normalized spacial score (nSPS) is 14.5. The van der Waals surface area contributed by atoms with Gasteiger partial charge in [-0.1, -0.05) is 37.7 Å². The lowest BCUT2D eigenvalue weighted by molar-refractivity contribution is 0.0793. The Labute approximate surface area is 153 Å². The summed E-state index contributed by atoms with van der Waals surface area (Å²) < 4.78 is 2.18. The third-order valence-electron chi connectivity index (χ3n) is 4.54. The summed E-state index contributed by atoms with van der Waals surface area (Å²) in [5.41, 5.74) is 1.98. The molecular weight excluding hydrogens is 332 g/mol. The maximum atomic E-state index is 12.4. The molecule has 134 valence electrons. The lowest BCUT2D eigenvalue weighted by atomic mass is 10.1. The molecule has 1 amide bonds. The van der Waals surface area contributed by atoms with Gasteiger partial charge in [-0.15, -0.1) is 10.2 Å². The van der Waals surface area contributed by atoms with Gasteiger partial charge >= 0.3 is 0 Å². The molecule has 0 radical (unpaired) electrons. The van der Waals surface area contributed by atoms with E-state index in [1.165, 1.54) is 5.56 Å². The molecule has 0 N–H and O–H groups in total. The monoisotopic (exact) mass is 358 g/mol. The summed E-state index contributed by atoms with van der Waals surface area (Å²) in [5.74, 6) is 2.40. The van der Waals surface area contributed by atoms with Crippen LogP contribution in [0.5, 0.6) is 0 Å².